The van der Waals surface area contributed by atoms with Crippen molar-refractivity contribution in [1.82, 2.24) is 10.2 Å². The summed E-state index contributed by atoms with van der Waals surface area (Å²) >= 11 is 0. The van der Waals surface area contributed by atoms with E-state index < -0.39 is 5.97 Å². The van der Waals surface area contributed by atoms with Crippen molar-refractivity contribution in [2.24, 2.45) is 0 Å². The van der Waals surface area contributed by atoms with Crippen molar-refractivity contribution in [3.63, 3.8) is 0 Å². The molecule has 6 heteroatoms. The van der Waals surface area contributed by atoms with Crippen molar-refractivity contribution in [3.8, 4) is 5.75 Å². The quantitative estimate of drug-likeness (QED) is 0.673. The number of nitrogens with one attached hydrogen (secondary N) is 1. The minimum absolute atomic E-state index is 0.0510. The van der Waals surface area contributed by atoms with Crippen molar-refractivity contribution >= 4 is 11.9 Å². The van der Waals surface area contributed by atoms with Crippen LogP contribution in [0.5, 0.6) is 5.75 Å². The summed E-state index contributed by atoms with van der Waals surface area (Å²) in [6, 6.07) is 7.88. The van der Waals surface area contributed by atoms with Gasteiger partial charge in [0.1, 0.15) is 12.4 Å². The molecule has 0 aromatic heterocycles. The van der Waals surface area contributed by atoms with Gasteiger partial charge in [-0.2, -0.15) is 0 Å². The second-order valence-corrected chi connectivity index (χ2v) is 5.49. The molecule has 6 nitrogen and oxygen atoms in total. The Morgan fingerprint density at radius 2 is 1.86 bits per heavy atom. The molecular weight excluding hydrogens is 284 g/mol. The third kappa shape index (κ3) is 7.08. The first-order valence-electron chi connectivity index (χ1n) is 7.28. The molecule has 22 heavy (non-hydrogen) atoms. The highest BCUT2D eigenvalue weighted by molar-refractivity contribution is 5.78. The lowest BCUT2D eigenvalue weighted by atomic mass is 10.0. The van der Waals surface area contributed by atoms with Crippen LogP contribution in [0.15, 0.2) is 24.3 Å². The van der Waals surface area contributed by atoms with Crippen molar-refractivity contribution in [2.45, 2.75) is 19.8 Å². The van der Waals surface area contributed by atoms with E-state index in [2.05, 4.69) is 19.2 Å². The van der Waals surface area contributed by atoms with E-state index >= 15 is 0 Å². The van der Waals surface area contributed by atoms with Crippen LogP contribution in [0.4, 0.5) is 0 Å². The summed E-state index contributed by atoms with van der Waals surface area (Å²) in [6.07, 6.45) is 0. The van der Waals surface area contributed by atoms with E-state index in [0.717, 1.165) is 5.75 Å². The van der Waals surface area contributed by atoms with Crippen LogP contribution in [0.3, 0.4) is 0 Å². The van der Waals surface area contributed by atoms with Gasteiger partial charge in [0, 0.05) is 0 Å². The maximum Gasteiger partial charge on any atom is 0.317 e. The van der Waals surface area contributed by atoms with Crippen LogP contribution in [0.25, 0.3) is 0 Å². The highest BCUT2D eigenvalue weighted by Crippen LogP contribution is 2.18. The molecule has 0 heterocycles. The molecule has 1 aromatic rings. The van der Waals surface area contributed by atoms with Gasteiger partial charge in [0.25, 0.3) is 0 Å². The van der Waals surface area contributed by atoms with E-state index in [-0.39, 0.29) is 19.0 Å². The molecule has 0 saturated carbocycles. The summed E-state index contributed by atoms with van der Waals surface area (Å²) in [7, 11) is 1.58. The zero-order valence-electron chi connectivity index (χ0n) is 13.3. The second-order valence-electron chi connectivity index (χ2n) is 5.49. The molecule has 1 aromatic carbocycles. The Morgan fingerprint density at radius 3 is 2.41 bits per heavy atom. The number of carboxylic acid groups (broad SMARTS) is 1. The molecule has 0 spiro atoms. The maximum atomic E-state index is 11.6. The fraction of sp³-hybridized carbons (Fsp3) is 0.500. The SMILES string of the molecule is CC(C)c1ccc(OCCNC(=O)CN(C)CC(=O)O)cc1. The molecule has 0 aliphatic carbocycles. The van der Waals surface area contributed by atoms with E-state index in [9.17, 15) is 9.59 Å². The molecule has 0 unspecified atom stereocenters. The van der Waals surface area contributed by atoms with Gasteiger partial charge in [0.05, 0.1) is 19.6 Å². The largest absolute Gasteiger partial charge is 0.492 e. The minimum Gasteiger partial charge on any atom is -0.492 e. The molecule has 2 N–H and O–H groups in total. The Morgan fingerprint density at radius 1 is 1.23 bits per heavy atom. The molecule has 0 saturated heterocycles. The lowest BCUT2D eigenvalue weighted by Gasteiger charge is -2.14. The molecule has 0 aliphatic heterocycles. The van der Waals surface area contributed by atoms with Crippen molar-refractivity contribution in [2.75, 3.05) is 33.3 Å². The Kier molecular flexibility index (Phi) is 7.39. The van der Waals surface area contributed by atoms with E-state index in [0.29, 0.717) is 19.1 Å². The highest BCUT2D eigenvalue weighted by atomic mass is 16.5. The number of aliphatic carboxylic acids is 1. The molecule has 0 atom stereocenters. The first-order chi connectivity index (χ1) is 10.4. The van der Waals surface area contributed by atoms with Gasteiger partial charge in [-0.1, -0.05) is 26.0 Å². The minimum atomic E-state index is -0.955. The summed E-state index contributed by atoms with van der Waals surface area (Å²) in [5, 5.41) is 11.3. The molecular formula is C16H24N2O4. The lowest BCUT2D eigenvalue weighted by molar-refractivity contribution is -0.138. The predicted octanol–water partition coefficient (Wildman–Crippen LogP) is 1.32. The average molecular weight is 308 g/mol. The lowest BCUT2D eigenvalue weighted by Crippen LogP contribution is -2.38. The standard InChI is InChI=1S/C16H24N2O4/c1-12(2)13-4-6-14(7-5-13)22-9-8-17-15(19)10-18(3)11-16(20)21/h4-7,12H,8-11H2,1-3H3,(H,17,19)(H,20,21). The number of hydrogen-bond donors (Lipinski definition) is 2. The Labute approximate surface area is 131 Å². The number of likely N-dealkylation sites (N-methyl/N-ethyl adjacent to an activating group) is 1. The molecule has 1 amide bonds. The zero-order valence-corrected chi connectivity index (χ0v) is 13.3. The number of benzene rings is 1. The number of nitrogens with zero attached hydrogens (tertiary/aromatic N) is 1. The highest BCUT2D eigenvalue weighted by Gasteiger charge is 2.09. The third-order valence-corrected chi connectivity index (χ3v) is 3.06. The van der Waals surface area contributed by atoms with Gasteiger partial charge >= 0.3 is 5.97 Å². The number of rotatable bonds is 9. The number of hydrogen-bond acceptors (Lipinski definition) is 4. The average Bonchev–Trinajstić information content (AvgIpc) is 2.43. The number of ether oxygens (including phenoxy) is 1. The smallest absolute Gasteiger partial charge is 0.317 e. The third-order valence-electron chi connectivity index (χ3n) is 3.06. The normalized spacial score (nSPS) is 10.8. The first kappa shape index (κ1) is 18.0. The van der Waals surface area contributed by atoms with Crippen molar-refractivity contribution < 1.29 is 19.4 Å². The fourth-order valence-electron chi connectivity index (χ4n) is 1.90. The molecule has 0 aliphatic rings. The van der Waals surface area contributed by atoms with Gasteiger partial charge in [0.2, 0.25) is 5.91 Å². The van der Waals surface area contributed by atoms with Crippen LogP contribution in [-0.2, 0) is 9.59 Å². The summed E-state index contributed by atoms with van der Waals surface area (Å²) in [5.41, 5.74) is 1.25. The van der Waals surface area contributed by atoms with Crippen LogP contribution >= 0.6 is 0 Å². The molecule has 1 rings (SSSR count). The predicted molar refractivity (Wildman–Crippen MR) is 84.2 cm³/mol. The number of amides is 1. The van der Waals surface area contributed by atoms with Gasteiger partial charge in [0.15, 0.2) is 0 Å². The van der Waals surface area contributed by atoms with Crippen LogP contribution < -0.4 is 10.1 Å². The monoisotopic (exact) mass is 308 g/mol. The summed E-state index contributed by atoms with van der Waals surface area (Å²) in [5.74, 6) is 0.0729. The van der Waals surface area contributed by atoms with E-state index in [1.165, 1.54) is 10.5 Å². The van der Waals surface area contributed by atoms with Gasteiger partial charge in [-0.15, -0.1) is 0 Å². The fourth-order valence-corrected chi connectivity index (χ4v) is 1.90. The second kappa shape index (κ2) is 9.04. The maximum absolute atomic E-state index is 11.6. The van der Waals surface area contributed by atoms with Crippen LogP contribution in [0.1, 0.15) is 25.3 Å². The molecule has 122 valence electrons. The molecule has 0 radical (unpaired) electrons. The van der Waals surface area contributed by atoms with Crippen LogP contribution in [0.2, 0.25) is 0 Å². The molecule has 0 bridgehead atoms. The number of carbonyl (C=O) groups is 2. The number of carbonyl (C=O) groups excluding carboxylic acids is 1. The summed E-state index contributed by atoms with van der Waals surface area (Å²) in [4.78, 5) is 23.5. The van der Waals surface area contributed by atoms with Crippen molar-refractivity contribution in [1.29, 1.82) is 0 Å². The Balaban J connectivity index is 2.21. The van der Waals surface area contributed by atoms with Gasteiger partial charge in [-0.25, -0.2) is 0 Å². The first-order valence-corrected chi connectivity index (χ1v) is 7.28. The Bertz CT molecular complexity index is 485. The van der Waals surface area contributed by atoms with Gasteiger partial charge < -0.3 is 15.2 Å². The summed E-state index contributed by atoms with van der Waals surface area (Å²) < 4.78 is 5.54. The van der Waals surface area contributed by atoms with Gasteiger partial charge in [-0.3, -0.25) is 14.5 Å². The topological polar surface area (TPSA) is 78.9 Å². The summed E-state index contributed by atoms with van der Waals surface area (Å²) in [6.45, 7) is 4.90. The van der Waals surface area contributed by atoms with E-state index in [1.807, 2.05) is 24.3 Å². The Hall–Kier alpha value is -2.08. The van der Waals surface area contributed by atoms with Crippen molar-refractivity contribution in [3.05, 3.63) is 29.8 Å². The van der Waals surface area contributed by atoms with E-state index in [1.54, 1.807) is 7.05 Å². The molecule has 0 fully saturated rings. The zero-order chi connectivity index (χ0) is 16.5. The van der Waals surface area contributed by atoms with Crippen LogP contribution in [-0.4, -0.2) is 55.2 Å². The van der Waals surface area contributed by atoms with Gasteiger partial charge in [-0.05, 0) is 30.7 Å². The van der Waals surface area contributed by atoms with E-state index in [4.69, 9.17) is 9.84 Å². The number of carboxylic acids is 1. The van der Waals surface area contributed by atoms with Crippen LogP contribution in [0, 0.1) is 0 Å².